The summed E-state index contributed by atoms with van der Waals surface area (Å²) in [6.07, 6.45) is 2.35. The Hall–Kier alpha value is -2.49. The van der Waals surface area contributed by atoms with Crippen LogP contribution >= 0.6 is 15.9 Å². The van der Waals surface area contributed by atoms with Crippen LogP contribution in [0.4, 0.5) is 15.9 Å². The first-order valence-corrected chi connectivity index (χ1v) is 11.6. The van der Waals surface area contributed by atoms with E-state index in [-0.39, 0.29) is 11.9 Å². The number of hydrogen-bond donors (Lipinski definition) is 1. The van der Waals surface area contributed by atoms with Gasteiger partial charge >= 0.3 is 0 Å². The van der Waals surface area contributed by atoms with Gasteiger partial charge in [-0.3, -0.25) is 0 Å². The van der Waals surface area contributed by atoms with Gasteiger partial charge in [-0.2, -0.15) is 0 Å². The standard InChI is InChI=1S/C23H25BrFN5O2/c1-29-6-8-30(9-7-29)5-4-16-13-31-21-12-20-17(11-22(21)32-16)23(27-14-26-20)28-19-3-2-15(24)10-18(19)25/h2-3,10-12,14,16H,4-9,13H2,1H3,(H,26,27,28). The lowest BCUT2D eigenvalue weighted by Gasteiger charge is -2.34. The second-order valence-corrected chi connectivity index (χ2v) is 9.19. The van der Waals surface area contributed by atoms with Crippen molar-refractivity contribution in [2.45, 2.75) is 12.5 Å². The summed E-state index contributed by atoms with van der Waals surface area (Å²) in [4.78, 5) is 13.5. The fourth-order valence-corrected chi connectivity index (χ4v) is 4.36. The van der Waals surface area contributed by atoms with Crippen molar-refractivity contribution in [1.29, 1.82) is 0 Å². The first kappa shape index (κ1) is 21.4. The molecule has 32 heavy (non-hydrogen) atoms. The summed E-state index contributed by atoms with van der Waals surface area (Å²) < 4.78 is 27.3. The molecule has 1 unspecified atom stereocenters. The highest BCUT2D eigenvalue weighted by Gasteiger charge is 2.24. The summed E-state index contributed by atoms with van der Waals surface area (Å²) in [7, 11) is 2.16. The maximum Gasteiger partial charge on any atom is 0.163 e. The molecule has 3 heterocycles. The summed E-state index contributed by atoms with van der Waals surface area (Å²) in [5.41, 5.74) is 1.05. The first-order valence-electron chi connectivity index (χ1n) is 10.8. The van der Waals surface area contributed by atoms with Gasteiger partial charge in [0.15, 0.2) is 11.5 Å². The van der Waals surface area contributed by atoms with E-state index in [1.165, 1.54) is 12.4 Å². The molecule has 2 aromatic carbocycles. The minimum atomic E-state index is -0.368. The normalized spacial score (nSPS) is 19.3. The van der Waals surface area contributed by atoms with Crippen molar-refractivity contribution in [2.75, 3.05) is 51.7 Å². The monoisotopic (exact) mass is 501 g/mol. The van der Waals surface area contributed by atoms with Crippen LogP contribution in [0.2, 0.25) is 0 Å². The number of benzene rings is 2. The third-order valence-electron chi connectivity index (χ3n) is 5.97. The second-order valence-electron chi connectivity index (χ2n) is 8.27. The quantitative estimate of drug-likeness (QED) is 0.565. The maximum absolute atomic E-state index is 14.3. The van der Waals surface area contributed by atoms with Gasteiger partial charge in [0.05, 0.1) is 11.2 Å². The molecule has 5 rings (SSSR count). The highest BCUT2D eigenvalue weighted by Crippen LogP contribution is 2.38. The van der Waals surface area contributed by atoms with Gasteiger partial charge in [0.1, 0.15) is 30.7 Å². The number of anilines is 2. The minimum Gasteiger partial charge on any atom is -0.486 e. The molecule has 0 radical (unpaired) electrons. The Bertz CT molecular complexity index is 1120. The van der Waals surface area contributed by atoms with E-state index < -0.39 is 0 Å². The van der Waals surface area contributed by atoms with E-state index in [1.807, 2.05) is 12.1 Å². The third kappa shape index (κ3) is 4.65. The molecular formula is C23H25BrFN5O2. The summed E-state index contributed by atoms with van der Waals surface area (Å²) >= 11 is 3.28. The highest BCUT2D eigenvalue weighted by atomic mass is 79.9. The van der Waals surface area contributed by atoms with Crippen LogP contribution in [0.25, 0.3) is 10.9 Å². The largest absolute Gasteiger partial charge is 0.486 e. The fraction of sp³-hybridized carbons (Fsp3) is 0.391. The van der Waals surface area contributed by atoms with Gasteiger partial charge in [-0.1, -0.05) is 15.9 Å². The molecule has 2 aliphatic rings. The Morgan fingerprint density at radius 2 is 1.97 bits per heavy atom. The average Bonchev–Trinajstić information content (AvgIpc) is 2.79. The number of hydrogen-bond acceptors (Lipinski definition) is 7. The molecule has 1 saturated heterocycles. The minimum absolute atomic E-state index is 0.00966. The number of likely N-dealkylation sites (N-methyl/N-ethyl adjacent to an activating group) is 1. The van der Waals surface area contributed by atoms with Crippen LogP contribution in [0.5, 0.6) is 11.5 Å². The van der Waals surface area contributed by atoms with Crippen molar-refractivity contribution in [2.24, 2.45) is 0 Å². The highest BCUT2D eigenvalue weighted by molar-refractivity contribution is 9.10. The molecule has 2 aliphatic heterocycles. The number of fused-ring (bicyclic) bond motifs is 2. The van der Waals surface area contributed by atoms with E-state index in [0.29, 0.717) is 39.6 Å². The molecule has 0 amide bonds. The smallest absolute Gasteiger partial charge is 0.163 e. The van der Waals surface area contributed by atoms with Gasteiger partial charge < -0.3 is 24.6 Å². The molecule has 3 aromatic rings. The van der Waals surface area contributed by atoms with Crippen LogP contribution in [-0.2, 0) is 0 Å². The van der Waals surface area contributed by atoms with Crippen LogP contribution in [0, 0.1) is 5.82 Å². The molecule has 0 aliphatic carbocycles. The molecule has 0 bridgehead atoms. The maximum atomic E-state index is 14.3. The fourth-order valence-electron chi connectivity index (χ4n) is 4.02. The summed E-state index contributed by atoms with van der Waals surface area (Å²) in [6, 6.07) is 8.59. The third-order valence-corrected chi connectivity index (χ3v) is 6.46. The van der Waals surface area contributed by atoms with Crippen LogP contribution in [0.15, 0.2) is 41.1 Å². The van der Waals surface area contributed by atoms with Gasteiger partial charge in [-0.05, 0) is 31.3 Å². The Morgan fingerprint density at radius 1 is 1.12 bits per heavy atom. The van der Waals surface area contributed by atoms with E-state index >= 15 is 0 Å². The van der Waals surface area contributed by atoms with Crippen molar-refractivity contribution in [3.05, 3.63) is 46.9 Å². The molecule has 168 valence electrons. The first-order chi connectivity index (χ1) is 15.5. The van der Waals surface area contributed by atoms with Gasteiger partial charge in [-0.25, -0.2) is 14.4 Å². The van der Waals surface area contributed by atoms with Crippen molar-refractivity contribution in [3.63, 3.8) is 0 Å². The van der Waals surface area contributed by atoms with Crippen LogP contribution in [0.3, 0.4) is 0 Å². The average molecular weight is 502 g/mol. The zero-order valence-electron chi connectivity index (χ0n) is 17.9. The van der Waals surface area contributed by atoms with Crippen molar-refractivity contribution in [3.8, 4) is 11.5 Å². The molecule has 0 spiro atoms. The lowest BCUT2D eigenvalue weighted by atomic mass is 10.1. The van der Waals surface area contributed by atoms with Gasteiger partial charge in [0, 0.05) is 55.1 Å². The number of aromatic nitrogens is 2. The van der Waals surface area contributed by atoms with Crippen molar-refractivity contribution < 1.29 is 13.9 Å². The molecule has 7 nitrogen and oxygen atoms in total. The molecule has 1 fully saturated rings. The molecule has 0 saturated carbocycles. The molecule has 1 atom stereocenters. The predicted molar refractivity (Wildman–Crippen MR) is 125 cm³/mol. The van der Waals surface area contributed by atoms with E-state index in [1.54, 1.807) is 12.1 Å². The van der Waals surface area contributed by atoms with E-state index in [0.717, 1.165) is 44.5 Å². The SMILES string of the molecule is CN1CCN(CCC2COc3cc4ncnc(Nc5ccc(Br)cc5F)c4cc3O2)CC1. The molecular weight excluding hydrogens is 477 g/mol. The predicted octanol–water partition coefficient (Wildman–Crippen LogP) is 4.05. The molecule has 1 N–H and O–H groups in total. The zero-order chi connectivity index (χ0) is 22.1. The van der Waals surface area contributed by atoms with Crippen molar-refractivity contribution in [1.82, 2.24) is 19.8 Å². The lowest BCUT2D eigenvalue weighted by Crippen LogP contribution is -2.45. The van der Waals surface area contributed by atoms with Crippen LogP contribution in [0.1, 0.15) is 6.42 Å². The van der Waals surface area contributed by atoms with Crippen LogP contribution in [-0.4, -0.2) is 72.3 Å². The molecule has 9 heteroatoms. The second kappa shape index (κ2) is 9.17. The zero-order valence-corrected chi connectivity index (χ0v) is 19.4. The number of halogens is 2. The number of nitrogens with one attached hydrogen (secondary N) is 1. The summed E-state index contributed by atoms with van der Waals surface area (Å²) in [6.45, 7) is 5.89. The summed E-state index contributed by atoms with van der Waals surface area (Å²) in [5.74, 6) is 1.49. The number of ether oxygens (including phenoxy) is 2. The van der Waals surface area contributed by atoms with E-state index in [4.69, 9.17) is 9.47 Å². The topological polar surface area (TPSA) is 62.8 Å². The summed E-state index contributed by atoms with van der Waals surface area (Å²) in [5, 5.41) is 3.83. The Balaban J connectivity index is 1.33. The van der Waals surface area contributed by atoms with Gasteiger partial charge in [-0.15, -0.1) is 0 Å². The van der Waals surface area contributed by atoms with Gasteiger partial charge in [0.2, 0.25) is 0 Å². The number of nitrogens with zero attached hydrogens (tertiary/aromatic N) is 4. The van der Waals surface area contributed by atoms with Crippen molar-refractivity contribution >= 4 is 38.3 Å². The van der Waals surface area contributed by atoms with Gasteiger partial charge in [0.25, 0.3) is 0 Å². The number of rotatable bonds is 5. The lowest BCUT2D eigenvalue weighted by molar-refractivity contribution is 0.0679. The Morgan fingerprint density at radius 3 is 2.78 bits per heavy atom. The Kier molecular flexibility index (Phi) is 6.12. The van der Waals surface area contributed by atoms with E-state index in [9.17, 15) is 4.39 Å². The van der Waals surface area contributed by atoms with E-state index in [2.05, 4.69) is 48.1 Å². The Labute approximate surface area is 194 Å². The van der Waals surface area contributed by atoms with Crippen LogP contribution < -0.4 is 14.8 Å². The molecule has 1 aromatic heterocycles. The number of piperazine rings is 1.